The summed E-state index contributed by atoms with van der Waals surface area (Å²) in [5, 5.41) is 0.119. The van der Waals surface area contributed by atoms with Crippen molar-refractivity contribution in [2.45, 2.75) is 18.6 Å². The summed E-state index contributed by atoms with van der Waals surface area (Å²) in [5.41, 5.74) is 1.96. The Balaban J connectivity index is 3.55. The molecule has 0 N–H and O–H groups in total. The molecule has 114 valence electrons. The molecule has 0 aliphatic carbocycles. The van der Waals surface area contributed by atoms with Gasteiger partial charge in [0, 0.05) is 22.1 Å². The number of methoxy groups -OCH3 is 4. The van der Waals surface area contributed by atoms with Crippen LogP contribution in [-0.2, 0) is 6.42 Å². The third kappa shape index (κ3) is 3.23. The smallest absolute Gasteiger partial charge is 0.207 e. The summed E-state index contributed by atoms with van der Waals surface area (Å²) >= 11 is 8.78. The number of hydrogen-bond donors (Lipinski definition) is 2. The van der Waals surface area contributed by atoms with Crippen LogP contribution in [0.15, 0.2) is 0 Å². The quantitative estimate of drug-likeness (QED) is 0.758. The first-order valence-corrected chi connectivity index (χ1v) is 7.34. The van der Waals surface area contributed by atoms with E-state index in [1.54, 1.807) is 28.4 Å². The molecule has 0 aromatic heterocycles. The van der Waals surface area contributed by atoms with Crippen LogP contribution in [0.25, 0.3) is 0 Å². The van der Waals surface area contributed by atoms with Gasteiger partial charge < -0.3 is 18.9 Å². The van der Waals surface area contributed by atoms with E-state index in [0.29, 0.717) is 35.2 Å². The summed E-state index contributed by atoms with van der Waals surface area (Å²) < 4.78 is 21.8. The van der Waals surface area contributed by atoms with Crippen LogP contribution in [0.2, 0.25) is 0 Å². The van der Waals surface area contributed by atoms with Gasteiger partial charge in [-0.2, -0.15) is 25.3 Å². The molecule has 0 aliphatic rings. The lowest BCUT2D eigenvalue weighted by atomic mass is 10.00. The lowest BCUT2D eigenvalue weighted by Gasteiger charge is -2.22. The molecule has 0 aliphatic heterocycles. The van der Waals surface area contributed by atoms with Crippen LogP contribution in [0.4, 0.5) is 0 Å². The minimum atomic E-state index is 0.119. The van der Waals surface area contributed by atoms with E-state index < -0.39 is 0 Å². The van der Waals surface area contributed by atoms with Gasteiger partial charge in [-0.15, -0.1) is 0 Å². The molecule has 1 aromatic carbocycles. The Morgan fingerprint density at radius 1 is 0.850 bits per heavy atom. The number of benzene rings is 1. The van der Waals surface area contributed by atoms with Gasteiger partial charge in [0.05, 0.1) is 28.4 Å². The van der Waals surface area contributed by atoms with Gasteiger partial charge in [0.15, 0.2) is 11.5 Å². The number of hydrogen-bond acceptors (Lipinski definition) is 6. The highest BCUT2D eigenvalue weighted by Crippen LogP contribution is 2.49. The predicted molar refractivity (Wildman–Crippen MR) is 87.7 cm³/mol. The predicted octanol–water partition coefficient (Wildman–Crippen LogP) is 2.80. The molecule has 4 nitrogen and oxygen atoms in total. The topological polar surface area (TPSA) is 36.9 Å². The van der Waals surface area contributed by atoms with Crippen LogP contribution in [0, 0.1) is 6.92 Å². The lowest BCUT2D eigenvalue weighted by molar-refractivity contribution is 0.302. The molecule has 20 heavy (non-hydrogen) atoms. The normalized spacial score (nSPS) is 11.9. The molecule has 0 spiro atoms. The first-order valence-electron chi connectivity index (χ1n) is 6.19. The van der Waals surface area contributed by atoms with Crippen LogP contribution < -0.4 is 18.9 Å². The summed E-state index contributed by atoms with van der Waals surface area (Å²) in [6.45, 7) is 1.97. The Morgan fingerprint density at radius 3 is 1.70 bits per heavy atom. The van der Waals surface area contributed by atoms with Gasteiger partial charge in [-0.1, -0.05) is 0 Å². The fourth-order valence-corrected chi connectivity index (χ4v) is 2.51. The minimum absolute atomic E-state index is 0.119. The zero-order chi connectivity index (χ0) is 15.3. The monoisotopic (exact) mass is 318 g/mol. The zero-order valence-electron chi connectivity index (χ0n) is 12.5. The number of ether oxygens (including phenoxy) is 4. The van der Waals surface area contributed by atoms with Gasteiger partial charge in [0.25, 0.3) is 0 Å². The molecule has 6 heteroatoms. The van der Waals surface area contributed by atoms with Crippen LogP contribution in [-0.4, -0.2) is 39.4 Å². The Labute approximate surface area is 131 Å². The highest BCUT2D eigenvalue weighted by molar-refractivity contribution is 7.84. The molecule has 1 aromatic rings. The molecule has 0 saturated heterocycles. The Morgan fingerprint density at radius 2 is 1.30 bits per heavy atom. The lowest BCUT2D eigenvalue weighted by Crippen LogP contribution is -2.10. The maximum atomic E-state index is 5.52. The van der Waals surface area contributed by atoms with Gasteiger partial charge in [-0.25, -0.2) is 0 Å². The van der Waals surface area contributed by atoms with Gasteiger partial charge in [0.2, 0.25) is 11.5 Å². The van der Waals surface area contributed by atoms with E-state index in [0.717, 1.165) is 11.1 Å². The summed E-state index contributed by atoms with van der Waals surface area (Å²) in [5.74, 6) is 3.05. The molecule has 0 amide bonds. The molecule has 0 radical (unpaired) electrons. The van der Waals surface area contributed by atoms with E-state index >= 15 is 0 Å². The van der Waals surface area contributed by atoms with Crippen molar-refractivity contribution in [3.8, 4) is 23.0 Å². The van der Waals surface area contributed by atoms with Crippen molar-refractivity contribution < 1.29 is 18.9 Å². The largest absolute Gasteiger partial charge is 0.492 e. The van der Waals surface area contributed by atoms with E-state index in [-0.39, 0.29) is 5.25 Å². The fourth-order valence-electron chi connectivity index (χ4n) is 2.20. The maximum absolute atomic E-state index is 5.52. The molecule has 1 atom stereocenters. The Bertz CT molecular complexity index is 463. The third-order valence-electron chi connectivity index (χ3n) is 3.15. The maximum Gasteiger partial charge on any atom is 0.207 e. The van der Waals surface area contributed by atoms with E-state index in [2.05, 4.69) is 25.3 Å². The van der Waals surface area contributed by atoms with E-state index in [1.165, 1.54) is 0 Å². The standard InChI is InChI=1S/C14H22O4S2/c1-8-10(6-9(20)7-19)12(16-3)14(18-5)13(17-4)11(8)15-2/h9,19-20H,6-7H2,1-5H3. The highest BCUT2D eigenvalue weighted by atomic mass is 32.1. The zero-order valence-corrected chi connectivity index (χ0v) is 14.3. The molecule has 0 fully saturated rings. The van der Waals surface area contributed by atoms with Gasteiger partial charge in [0.1, 0.15) is 0 Å². The van der Waals surface area contributed by atoms with Crippen molar-refractivity contribution >= 4 is 25.3 Å². The SMILES string of the molecule is COc1c(C)c(CC(S)CS)c(OC)c(OC)c1OC. The molecule has 0 heterocycles. The second-order valence-corrected chi connectivity index (χ2v) is 5.37. The van der Waals surface area contributed by atoms with Crippen molar-refractivity contribution in [3.05, 3.63) is 11.1 Å². The molecule has 0 saturated carbocycles. The number of thiol groups is 2. The van der Waals surface area contributed by atoms with Crippen molar-refractivity contribution in [3.63, 3.8) is 0 Å². The van der Waals surface area contributed by atoms with E-state index in [4.69, 9.17) is 18.9 Å². The summed E-state index contributed by atoms with van der Waals surface area (Å²) in [7, 11) is 6.38. The first kappa shape index (κ1) is 17.2. The third-order valence-corrected chi connectivity index (χ3v) is 4.25. The first-order chi connectivity index (χ1) is 9.55. The van der Waals surface area contributed by atoms with Gasteiger partial charge in [-0.3, -0.25) is 0 Å². The van der Waals surface area contributed by atoms with Crippen molar-refractivity contribution in [1.29, 1.82) is 0 Å². The Kier molecular flexibility index (Phi) is 6.68. The van der Waals surface area contributed by atoms with Gasteiger partial charge >= 0.3 is 0 Å². The highest BCUT2D eigenvalue weighted by Gasteiger charge is 2.25. The van der Waals surface area contributed by atoms with Crippen molar-refractivity contribution in [2.24, 2.45) is 0 Å². The molecule has 0 bridgehead atoms. The van der Waals surface area contributed by atoms with Crippen LogP contribution in [0.1, 0.15) is 11.1 Å². The van der Waals surface area contributed by atoms with Crippen LogP contribution in [0.3, 0.4) is 0 Å². The molecular weight excluding hydrogens is 296 g/mol. The summed E-state index contributed by atoms with van der Waals surface area (Å²) in [6, 6.07) is 0. The van der Waals surface area contributed by atoms with Crippen LogP contribution in [0.5, 0.6) is 23.0 Å². The van der Waals surface area contributed by atoms with E-state index in [1.807, 2.05) is 6.92 Å². The molecular formula is C14H22O4S2. The minimum Gasteiger partial charge on any atom is -0.492 e. The molecule has 1 rings (SSSR count). The van der Waals surface area contributed by atoms with E-state index in [9.17, 15) is 0 Å². The van der Waals surface area contributed by atoms with Crippen molar-refractivity contribution in [2.75, 3.05) is 34.2 Å². The fraction of sp³-hybridized carbons (Fsp3) is 0.571. The second-order valence-electron chi connectivity index (χ2n) is 4.28. The Hall–Kier alpha value is -0.880. The number of rotatable bonds is 7. The van der Waals surface area contributed by atoms with Gasteiger partial charge in [-0.05, 0) is 13.3 Å². The molecule has 1 unspecified atom stereocenters. The summed E-state index contributed by atoms with van der Waals surface area (Å²) in [4.78, 5) is 0. The van der Waals surface area contributed by atoms with Crippen LogP contribution >= 0.6 is 25.3 Å². The average Bonchev–Trinajstić information content (AvgIpc) is 2.47. The average molecular weight is 318 g/mol. The second kappa shape index (κ2) is 7.78. The van der Waals surface area contributed by atoms with Crippen molar-refractivity contribution in [1.82, 2.24) is 0 Å². The summed E-state index contributed by atoms with van der Waals surface area (Å²) in [6.07, 6.45) is 0.707.